The number of ether oxygens (including phenoxy) is 2. The van der Waals surface area contributed by atoms with E-state index in [9.17, 15) is 4.79 Å². The number of hydrogen-bond donors (Lipinski definition) is 0. The summed E-state index contributed by atoms with van der Waals surface area (Å²) >= 11 is 0. The maximum Gasteiger partial charge on any atom is 0.334 e. The first kappa shape index (κ1) is 10.0. The fraction of sp³-hybridized carbons (Fsp3) is 0.778. The predicted molar refractivity (Wildman–Crippen MR) is 48.7 cm³/mol. The molecule has 0 N–H and O–H groups in total. The normalized spacial score (nSPS) is 26.5. The molecule has 74 valence electrons. The van der Waals surface area contributed by atoms with Crippen LogP contribution in [0.3, 0.4) is 0 Å². The minimum absolute atomic E-state index is 0.186. The van der Waals surface area contributed by atoms with Crippen molar-refractivity contribution >= 4 is 11.9 Å². The molecule has 13 heavy (non-hydrogen) atoms. The molecule has 4 heteroatoms. The highest BCUT2D eigenvalue weighted by Crippen LogP contribution is 2.15. The second-order valence-corrected chi connectivity index (χ2v) is 2.90. The fourth-order valence-corrected chi connectivity index (χ4v) is 1.22. The summed E-state index contributed by atoms with van der Waals surface area (Å²) in [6.45, 7) is 5.94. The van der Waals surface area contributed by atoms with Crippen LogP contribution in [0.25, 0.3) is 0 Å². The van der Waals surface area contributed by atoms with Crippen LogP contribution >= 0.6 is 0 Å². The standard InChI is InChI=1S/C9H15NO3/c1-4-7-10-8(6(3)13-7)9(11)12-5-2/h6,8H,4-5H2,1-3H3. The predicted octanol–water partition coefficient (Wildman–Crippen LogP) is 1.15. The molecule has 0 saturated carbocycles. The van der Waals surface area contributed by atoms with Crippen LogP contribution in [0.15, 0.2) is 4.99 Å². The summed E-state index contributed by atoms with van der Waals surface area (Å²) in [6, 6.07) is -0.463. The summed E-state index contributed by atoms with van der Waals surface area (Å²) in [5.41, 5.74) is 0. The van der Waals surface area contributed by atoms with Gasteiger partial charge in [-0.1, -0.05) is 6.92 Å². The lowest BCUT2D eigenvalue weighted by molar-refractivity contribution is -0.145. The van der Waals surface area contributed by atoms with Gasteiger partial charge in [-0.05, 0) is 13.8 Å². The molecule has 2 atom stereocenters. The van der Waals surface area contributed by atoms with Gasteiger partial charge < -0.3 is 9.47 Å². The molecule has 0 amide bonds. The average molecular weight is 185 g/mol. The molecule has 2 unspecified atom stereocenters. The van der Waals surface area contributed by atoms with Crippen molar-refractivity contribution in [2.45, 2.75) is 39.3 Å². The number of nitrogens with zero attached hydrogens (tertiary/aromatic N) is 1. The fourth-order valence-electron chi connectivity index (χ4n) is 1.22. The molecule has 1 heterocycles. The third-order valence-electron chi connectivity index (χ3n) is 1.88. The van der Waals surface area contributed by atoms with E-state index in [1.54, 1.807) is 6.92 Å². The molecule has 0 bridgehead atoms. The number of rotatable bonds is 3. The lowest BCUT2D eigenvalue weighted by Gasteiger charge is -2.10. The molecule has 1 aliphatic heterocycles. The molecule has 4 nitrogen and oxygen atoms in total. The maximum atomic E-state index is 11.3. The Hall–Kier alpha value is -1.06. The van der Waals surface area contributed by atoms with E-state index in [4.69, 9.17) is 9.47 Å². The topological polar surface area (TPSA) is 47.9 Å². The zero-order valence-electron chi connectivity index (χ0n) is 8.24. The van der Waals surface area contributed by atoms with Gasteiger partial charge in [0.25, 0.3) is 0 Å². The Morgan fingerprint density at radius 1 is 1.62 bits per heavy atom. The summed E-state index contributed by atoms with van der Waals surface area (Å²) in [6.07, 6.45) is 0.536. The van der Waals surface area contributed by atoms with Crippen LogP contribution in [0.1, 0.15) is 27.2 Å². The van der Waals surface area contributed by atoms with Gasteiger partial charge in [0, 0.05) is 6.42 Å². The number of carbonyl (C=O) groups is 1. The molecule has 1 aliphatic rings. The quantitative estimate of drug-likeness (QED) is 0.619. The Bertz CT molecular complexity index is 225. The molecule has 0 spiro atoms. The third-order valence-corrected chi connectivity index (χ3v) is 1.88. The third kappa shape index (κ3) is 2.20. The van der Waals surface area contributed by atoms with Gasteiger partial charge in [0.15, 0.2) is 11.9 Å². The zero-order valence-corrected chi connectivity index (χ0v) is 8.24. The second-order valence-electron chi connectivity index (χ2n) is 2.90. The molecule has 0 aromatic heterocycles. The van der Waals surface area contributed by atoms with Gasteiger partial charge in [-0.15, -0.1) is 0 Å². The number of aliphatic imine (C=N–C) groups is 1. The molecule has 1 rings (SSSR count). The molecule has 0 radical (unpaired) electrons. The lowest BCUT2D eigenvalue weighted by atomic mass is 10.2. The molecule has 0 aromatic rings. The first-order valence-corrected chi connectivity index (χ1v) is 4.59. The van der Waals surface area contributed by atoms with E-state index in [2.05, 4.69) is 4.99 Å². The highest BCUT2D eigenvalue weighted by atomic mass is 16.5. The van der Waals surface area contributed by atoms with E-state index in [1.165, 1.54) is 0 Å². The van der Waals surface area contributed by atoms with E-state index in [-0.39, 0.29) is 12.1 Å². The monoisotopic (exact) mass is 185 g/mol. The molecule has 0 aromatic carbocycles. The van der Waals surface area contributed by atoms with Crippen molar-refractivity contribution in [1.82, 2.24) is 0 Å². The Kier molecular flexibility index (Phi) is 3.28. The van der Waals surface area contributed by atoms with Gasteiger partial charge >= 0.3 is 5.97 Å². The lowest BCUT2D eigenvalue weighted by Crippen LogP contribution is -2.29. The Balaban J connectivity index is 2.59. The molecule has 0 saturated heterocycles. The molecule has 0 fully saturated rings. The zero-order chi connectivity index (χ0) is 9.84. The van der Waals surface area contributed by atoms with Crippen LogP contribution in [-0.4, -0.2) is 30.6 Å². The van der Waals surface area contributed by atoms with Gasteiger partial charge in [-0.2, -0.15) is 0 Å². The van der Waals surface area contributed by atoms with Gasteiger partial charge in [-0.25, -0.2) is 9.79 Å². The van der Waals surface area contributed by atoms with Crippen molar-refractivity contribution < 1.29 is 14.3 Å². The van der Waals surface area contributed by atoms with Crippen LogP contribution in [0, 0.1) is 0 Å². The molecular weight excluding hydrogens is 170 g/mol. The van der Waals surface area contributed by atoms with Crippen molar-refractivity contribution in [3.63, 3.8) is 0 Å². The van der Waals surface area contributed by atoms with Crippen molar-refractivity contribution in [3.8, 4) is 0 Å². The molecular formula is C9H15NO3. The van der Waals surface area contributed by atoms with Gasteiger partial charge in [0.05, 0.1) is 6.61 Å². The van der Waals surface area contributed by atoms with E-state index < -0.39 is 6.04 Å². The summed E-state index contributed by atoms with van der Waals surface area (Å²) in [5, 5.41) is 0. The Labute approximate surface area is 77.9 Å². The maximum absolute atomic E-state index is 11.3. The van der Waals surface area contributed by atoms with Crippen LogP contribution in [0.2, 0.25) is 0 Å². The number of esters is 1. The van der Waals surface area contributed by atoms with Crippen molar-refractivity contribution in [1.29, 1.82) is 0 Å². The van der Waals surface area contributed by atoms with E-state index in [1.807, 2.05) is 13.8 Å². The van der Waals surface area contributed by atoms with Crippen molar-refractivity contribution in [3.05, 3.63) is 0 Å². The largest absolute Gasteiger partial charge is 0.475 e. The Morgan fingerprint density at radius 3 is 2.77 bits per heavy atom. The minimum atomic E-state index is -0.463. The van der Waals surface area contributed by atoms with Crippen molar-refractivity contribution in [2.24, 2.45) is 4.99 Å². The number of carbonyl (C=O) groups excluding carboxylic acids is 1. The average Bonchev–Trinajstić information content (AvgIpc) is 2.47. The van der Waals surface area contributed by atoms with Crippen LogP contribution in [0.5, 0.6) is 0 Å². The van der Waals surface area contributed by atoms with Crippen LogP contribution in [0.4, 0.5) is 0 Å². The first-order valence-electron chi connectivity index (χ1n) is 4.59. The van der Waals surface area contributed by atoms with E-state index >= 15 is 0 Å². The summed E-state index contributed by atoms with van der Waals surface area (Å²) in [5.74, 6) is 0.351. The minimum Gasteiger partial charge on any atom is -0.475 e. The smallest absolute Gasteiger partial charge is 0.334 e. The Morgan fingerprint density at radius 2 is 2.31 bits per heavy atom. The number of hydrogen-bond acceptors (Lipinski definition) is 4. The van der Waals surface area contributed by atoms with Crippen LogP contribution < -0.4 is 0 Å². The SMILES string of the molecule is CCOC(=O)C1N=C(CC)OC1C. The van der Waals surface area contributed by atoms with E-state index in [0.29, 0.717) is 12.5 Å². The highest BCUT2D eigenvalue weighted by molar-refractivity contribution is 5.86. The summed E-state index contributed by atoms with van der Waals surface area (Å²) < 4.78 is 10.2. The van der Waals surface area contributed by atoms with Gasteiger partial charge in [-0.3, -0.25) is 0 Å². The summed E-state index contributed by atoms with van der Waals surface area (Å²) in [7, 11) is 0. The van der Waals surface area contributed by atoms with Gasteiger partial charge in [0.1, 0.15) is 6.10 Å². The highest BCUT2D eigenvalue weighted by Gasteiger charge is 2.33. The second kappa shape index (κ2) is 4.25. The van der Waals surface area contributed by atoms with Gasteiger partial charge in [0.2, 0.25) is 0 Å². The summed E-state index contributed by atoms with van der Waals surface area (Å²) in [4.78, 5) is 15.4. The first-order chi connectivity index (χ1) is 6.19. The van der Waals surface area contributed by atoms with E-state index in [0.717, 1.165) is 6.42 Å². The van der Waals surface area contributed by atoms with Crippen LogP contribution in [-0.2, 0) is 14.3 Å². The van der Waals surface area contributed by atoms with Crippen molar-refractivity contribution in [2.75, 3.05) is 6.61 Å². The molecule has 0 aliphatic carbocycles.